The summed E-state index contributed by atoms with van der Waals surface area (Å²) < 4.78 is 13.3. The first-order chi connectivity index (χ1) is 8.95. The normalized spacial score (nSPS) is 19.4. The van der Waals surface area contributed by atoms with E-state index in [4.69, 9.17) is 0 Å². The quantitative estimate of drug-likeness (QED) is 0.669. The molecule has 0 bridgehead atoms. The molecule has 6 nitrogen and oxygen atoms in total. The van der Waals surface area contributed by atoms with Gasteiger partial charge < -0.3 is 10.2 Å². The molecule has 19 heavy (non-hydrogen) atoms. The van der Waals surface area contributed by atoms with Crippen molar-refractivity contribution >= 4 is 17.3 Å². The van der Waals surface area contributed by atoms with Crippen LogP contribution >= 0.6 is 0 Å². The van der Waals surface area contributed by atoms with Gasteiger partial charge in [0.25, 0.3) is 5.69 Å². The number of hydrogen-bond donors (Lipinski definition) is 1. The van der Waals surface area contributed by atoms with Crippen molar-refractivity contribution in [3.8, 4) is 0 Å². The number of nitrogens with one attached hydrogen (secondary N) is 1. The molecule has 1 saturated heterocycles. The number of carbonyl (C=O) groups is 1. The van der Waals surface area contributed by atoms with Crippen molar-refractivity contribution in [1.29, 1.82) is 0 Å². The first kappa shape index (κ1) is 13.3. The number of nitro groups is 1. The summed E-state index contributed by atoms with van der Waals surface area (Å²) >= 11 is 0. The summed E-state index contributed by atoms with van der Waals surface area (Å²) in [6, 6.07) is 3.36. The molecule has 0 radical (unpaired) electrons. The van der Waals surface area contributed by atoms with Crippen molar-refractivity contribution in [2.75, 3.05) is 18.9 Å². The third kappa shape index (κ3) is 3.18. The molecule has 0 aromatic heterocycles. The molecule has 2 rings (SSSR count). The molecule has 1 unspecified atom stereocenters. The summed E-state index contributed by atoms with van der Waals surface area (Å²) in [7, 11) is 1.70. The summed E-state index contributed by atoms with van der Waals surface area (Å²) in [5.41, 5.74) is 0.0715. The van der Waals surface area contributed by atoms with E-state index in [0.717, 1.165) is 6.07 Å². The SMILES string of the molecule is CN1CC(Nc2cc(F)cc([N+](=O)[O-])c2)CCC1=O. The number of benzene rings is 1. The topological polar surface area (TPSA) is 75.5 Å². The number of likely N-dealkylation sites (N-methyl/N-ethyl adjacent to an activating group) is 1. The van der Waals surface area contributed by atoms with Crippen LogP contribution in [0, 0.1) is 15.9 Å². The smallest absolute Gasteiger partial charge is 0.274 e. The van der Waals surface area contributed by atoms with Crippen LogP contribution in [0.15, 0.2) is 18.2 Å². The molecule has 0 spiro atoms. The van der Waals surface area contributed by atoms with E-state index in [-0.39, 0.29) is 17.6 Å². The molecule has 1 aliphatic heterocycles. The molecule has 1 aromatic rings. The van der Waals surface area contributed by atoms with Gasteiger partial charge in [-0.25, -0.2) is 4.39 Å². The zero-order chi connectivity index (χ0) is 14.0. The molecular formula is C12H14FN3O3. The Kier molecular flexibility index (Phi) is 3.64. The fourth-order valence-electron chi connectivity index (χ4n) is 2.13. The molecule has 1 heterocycles. The second kappa shape index (κ2) is 5.21. The van der Waals surface area contributed by atoms with Gasteiger partial charge in [0.2, 0.25) is 5.91 Å². The Balaban J connectivity index is 2.11. The summed E-state index contributed by atoms with van der Waals surface area (Å²) in [5.74, 6) is -0.583. The third-order valence-corrected chi connectivity index (χ3v) is 3.09. The summed E-state index contributed by atoms with van der Waals surface area (Å²) in [5, 5.41) is 13.7. The van der Waals surface area contributed by atoms with Gasteiger partial charge >= 0.3 is 0 Å². The van der Waals surface area contributed by atoms with Gasteiger partial charge in [-0.05, 0) is 12.5 Å². The van der Waals surface area contributed by atoms with E-state index < -0.39 is 10.7 Å². The van der Waals surface area contributed by atoms with E-state index in [2.05, 4.69) is 5.32 Å². The van der Waals surface area contributed by atoms with Crippen LogP contribution in [-0.4, -0.2) is 35.4 Å². The maximum Gasteiger partial charge on any atom is 0.274 e. The van der Waals surface area contributed by atoms with Crippen LogP contribution < -0.4 is 5.32 Å². The Labute approximate surface area is 109 Å². The zero-order valence-electron chi connectivity index (χ0n) is 10.4. The average Bonchev–Trinajstić information content (AvgIpc) is 2.33. The molecule has 0 saturated carbocycles. The van der Waals surface area contributed by atoms with Gasteiger partial charge in [-0.15, -0.1) is 0 Å². The number of nitrogens with zero attached hydrogens (tertiary/aromatic N) is 2. The number of amides is 1. The van der Waals surface area contributed by atoms with Crippen LogP contribution in [0.4, 0.5) is 15.8 Å². The van der Waals surface area contributed by atoms with Crippen LogP contribution in [0.5, 0.6) is 0 Å². The Hall–Kier alpha value is -2.18. The van der Waals surface area contributed by atoms with Gasteiger partial charge in [-0.2, -0.15) is 0 Å². The molecular weight excluding hydrogens is 253 g/mol. The Morgan fingerprint density at radius 3 is 2.84 bits per heavy atom. The highest BCUT2D eigenvalue weighted by Gasteiger charge is 2.23. The van der Waals surface area contributed by atoms with Gasteiger partial charge in [-0.3, -0.25) is 14.9 Å². The summed E-state index contributed by atoms with van der Waals surface area (Å²) in [6.07, 6.45) is 1.05. The van der Waals surface area contributed by atoms with Gasteiger partial charge in [0.05, 0.1) is 11.0 Å². The highest BCUT2D eigenvalue weighted by Crippen LogP contribution is 2.22. The number of nitro benzene ring substituents is 1. The maximum absolute atomic E-state index is 13.3. The zero-order valence-corrected chi connectivity index (χ0v) is 10.4. The van der Waals surface area contributed by atoms with E-state index in [1.54, 1.807) is 11.9 Å². The standard InChI is InChI=1S/C12H14FN3O3/c1-15-7-9(2-3-12(15)17)14-10-4-8(13)5-11(6-10)16(18)19/h4-6,9,14H,2-3,7H2,1H3. The molecule has 1 aromatic carbocycles. The molecule has 102 valence electrons. The lowest BCUT2D eigenvalue weighted by molar-refractivity contribution is -0.385. The van der Waals surface area contributed by atoms with Crippen LogP contribution in [-0.2, 0) is 4.79 Å². The highest BCUT2D eigenvalue weighted by atomic mass is 19.1. The number of piperidine rings is 1. The van der Waals surface area contributed by atoms with Crippen molar-refractivity contribution in [2.24, 2.45) is 0 Å². The number of non-ortho nitro benzene ring substituents is 1. The molecule has 1 aliphatic rings. The van der Waals surface area contributed by atoms with Crippen LogP contribution in [0.25, 0.3) is 0 Å². The maximum atomic E-state index is 13.3. The second-order valence-corrected chi connectivity index (χ2v) is 4.61. The Morgan fingerprint density at radius 1 is 1.47 bits per heavy atom. The van der Waals surface area contributed by atoms with E-state index in [0.29, 0.717) is 25.1 Å². The highest BCUT2D eigenvalue weighted by molar-refractivity contribution is 5.77. The van der Waals surface area contributed by atoms with Crippen molar-refractivity contribution in [3.05, 3.63) is 34.1 Å². The fourth-order valence-corrected chi connectivity index (χ4v) is 2.13. The lowest BCUT2D eigenvalue weighted by atomic mass is 10.1. The predicted molar refractivity (Wildman–Crippen MR) is 67.3 cm³/mol. The fraction of sp³-hybridized carbons (Fsp3) is 0.417. The number of anilines is 1. The monoisotopic (exact) mass is 267 g/mol. The van der Waals surface area contributed by atoms with Gasteiger partial charge in [0.15, 0.2) is 0 Å². The minimum Gasteiger partial charge on any atom is -0.380 e. The first-order valence-corrected chi connectivity index (χ1v) is 5.91. The third-order valence-electron chi connectivity index (χ3n) is 3.09. The van der Waals surface area contributed by atoms with E-state index >= 15 is 0 Å². The number of rotatable bonds is 3. The second-order valence-electron chi connectivity index (χ2n) is 4.61. The van der Waals surface area contributed by atoms with Crippen molar-refractivity contribution in [1.82, 2.24) is 4.90 Å². The minimum absolute atomic E-state index is 0.0240. The number of halogens is 1. The first-order valence-electron chi connectivity index (χ1n) is 5.91. The van der Waals surface area contributed by atoms with E-state index in [1.165, 1.54) is 12.1 Å². The molecule has 7 heteroatoms. The van der Waals surface area contributed by atoms with Crippen LogP contribution in [0.2, 0.25) is 0 Å². The summed E-state index contributed by atoms with van der Waals surface area (Å²) in [6.45, 7) is 0.503. The number of hydrogen-bond acceptors (Lipinski definition) is 4. The van der Waals surface area contributed by atoms with Gasteiger partial charge in [0, 0.05) is 37.8 Å². The largest absolute Gasteiger partial charge is 0.380 e. The lowest BCUT2D eigenvalue weighted by Gasteiger charge is -2.30. The molecule has 1 atom stereocenters. The molecule has 1 fully saturated rings. The molecule has 1 amide bonds. The van der Waals surface area contributed by atoms with Crippen LogP contribution in [0.3, 0.4) is 0 Å². The average molecular weight is 267 g/mol. The predicted octanol–water partition coefficient (Wildman–Crippen LogP) is 1.77. The Bertz CT molecular complexity index is 521. The Morgan fingerprint density at radius 2 is 2.21 bits per heavy atom. The van der Waals surface area contributed by atoms with Gasteiger partial charge in [0.1, 0.15) is 5.82 Å². The van der Waals surface area contributed by atoms with E-state index in [1.807, 2.05) is 0 Å². The summed E-state index contributed by atoms with van der Waals surface area (Å²) in [4.78, 5) is 22.9. The molecule has 1 N–H and O–H groups in total. The van der Waals surface area contributed by atoms with Crippen LogP contribution in [0.1, 0.15) is 12.8 Å². The number of likely N-dealkylation sites (tertiary alicyclic amines) is 1. The van der Waals surface area contributed by atoms with Gasteiger partial charge in [-0.1, -0.05) is 0 Å². The minimum atomic E-state index is -0.656. The van der Waals surface area contributed by atoms with Crippen molar-refractivity contribution < 1.29 is 14.1 Å². The number of carbonyl (C=O) groups excluding carboxylic acids is 1. The van der Waals surface area contributed by atoms with Crippen molar-refractivity contribution in [3.63, 3.8) is 0 Å². The van der Waals surface area contributed by atoms with Crippen molar-refractivity contribution in [2.45, 2.75) is 18.9 Å². The molecule has 0 aliphatic carbocycles. The lowest BCUT2D eigenvalue weighted by Crippen LogP contribution is -2.43. The van der Waals surface area contributed by atoms with E-state index in [9.17, 15) is 19.3 Å².